The molecular weight excluding hydrogens is 242 g/mol. The Hall–Kier alpha value is -1.90. The second-order valence-electron chi connectivity index (χ2n) is 4.32. The lowest BCUT2D eigenvalue weighted by Gasteiger charge is -2.00. The summed E-state index contributed by atoms with van der Waals surface area (Å²) in [4.78, 5) is 10.1. The molecule has 0 radical (unpaired) electrons. The molecule has 0 aliphatic heterocycles. The average Bonchev–Trinajstić information content (AvgIpc) is 2.42. The van der Waals surface area contributed by atoms with Gasteiger partial charge in [0.05, 0.1) is 4.92 Å². The van der Waals surface area contributed by atoms with E-state index in [1.807, 2.05) is 6.08 Å². The van der Waals surface area contributed by atoms with Gasteiger partial charge in [0.25, 0.3) is 5.69 Å². The molecule has 1 N–H and O–H groups in total. The lowest BCUT2D eigenvalue weighted by molar-refractivity contribution is -0.384. The minimum Gasteiger partial charge on any atom is -0.396 e. The van der Waals surface area contributed by atoms with Crippen LogP contribution in [0.1, 0.15) is 38.2 Å². The molecule has 0 heterocycles. The Bertz CT molecular complexity index is 471. The van der Waals surface area contributed by atoms with Gasteiger partial charge in [-0.25, -0.2) is 0 Å². The molecule has 0 atom stereocenters. The number of hydrogen-bond acceptors (Lipinski definition) is 3. The number of nitro groups is 1. The highest BCUT2D eigenvalue weighted by Gasteiger charge is 2.02. The number of rotatable bonds is 7. The average molecular weight is 261 g/mol. The summed E-state index contributed by atoms with van der Waals surface area (Å²) in [6.45, 7) is 2.25. The normalized spacial score (nSPS) is 9.79. The Morgan fingerprint density at radius 1 is 1.37 bits per heavy atom. The van der Waals surface area contributed by atoms with Gasteiger partial charge >= 0.3 is 0 Å². The van der Waals surface area contributed by atoms with Crippen molar-refractivity contribution in [3.05, 3.63) is 51.2 Å². The zero-order valence-electron chi connectivity index (χ0n) is 11.1. The van der Waals surface area contributed by atoms with E-state index in [4.69, 9.17) is 5.11 Å². The van der Waals surface area contributed by atoms with Crippen LogP contribution in [0.5, 0.6) is 0 Å². The van der Waals surface area contributed by atoms with Crippen molar-refractivity contribution in [2.75, 3.05) is 6.61 Å². The number of aliphatic hydroxyl groups excluding tert-OH is 1. The van der Waals surface area contributed by atoms with Crippen LogP contribution in [0.25, 0.3) is 6.08 Å². The Morgan fingerprint density at radius 2 is 2.05 bits per heavy atom. The van der Waals surface area contributed by atoms with E-state index in [9.17, 15) is 10.1 Å². The van der Waals surface area contributed by atoms with Gasteiger partial charge in [0.1, 0.15) is 0 Å². The fraction of sp³-hybridized carbons (Fsp3) is 0.400. The summed E-state index contributed by atoms with van der Waals surface area (Å²) >= 11 is 0. The fourth-order valence-corrected chi connectivity index (χ4v) is 1.67. The first-order valence-corrected chi connectivity index (χ1v) is 6.47. The van der Waals surface area contributed by atoms with Crippen LogP contribution in [-0.2, 0) is 0 Å². The molecule has 4 nitrogen and oxygen atoms in total. The Balaban J connectivity index is 2.83. The van der Waals surface area contributed by atoms with Crippen LogP contribution in [0.4, 0.5) is 5.69 Å². The maximum Gasteiger partial charge on any atom is 0.269 e. The van der Waals surface area contributed by atoms with Gasteiger partial charge < -0.3 is 5.11 Å². The number of hydrogen-bond donors (Lipinski definition) is 1. The third kappa shape index (κ3) is 5.51. The number of unbranched alkanes of at least 4 members (excludes halogenated alkanes) is 1. The van der Waals surface area contributed by atoms with Crippen molar-refractivity contribution >= 4 is 11.8 Å². The smallest absolute Gasteiger partial charge is 0.269 e. The Morgan fingerprint density at radius 3 is 2.58 bits per heavy atom. The molecule has 0 amide bonds. The molecule has 1 aromatic rings. The summed E-state index contributed by atoms with van der Waals surface area (Å²) in [5.41, 5.74) is 5.23. The van der Waals surface area contributed by atoms with Crippen molar-refractivity contribution in [2.24, 2.45) is 0 Å². The molecule has 0 unspecified atom stereocenters. The van der Waals surface area contributed by atoms with E-state index in [2.05, 4.69) is 12.7 Å². The predicted octanol–water partition coefficient (Wildman–Crippen LogP) is 3.71. The first-order valence-electron chi connectivity index (χ1n) is 6.47. The van der Waals surface area contributed by atoms with Gasteiger partial charge in [0.15, 0.2) is 0 Å². The summed E-state index contributed by atoms with van der Waals surface area (Å²) in [6, 6.07) is 6.35. The minimum absolute atomic E-state index is 0.0858. The molecule has 102 valence electrons. The van der Waals surface area contributed by atoms with Crippen LogP contribution < -0.4 is 0 Å². The number of nitro benzene ring substituents is 1. The zero-order valence-corrected chi connectivity index (χ0v) is 11.1. The highest BCUT2D eigenvalue weighted by atomic mass is 16.6. The summed E-state index contributed by atoms with van der Waals surface area (Å²) in [5, 5.41) is 19.5. The van der Waals surface area contributed by atoms with Crippen LogP contribution in [0, 0.1) is 10.1 Å². The molecule has 1 rings (SSSR count). The van der Waals surface area contributed by atoms with Crippen molar-refractivity contribution in [1.29, 1.82) is 0 Å². The second-order valence-corrected chi connectivity index (χ2v) is 4.32. The molecule has 1 aromatic carbocycles. The third-order valence-corrected chi connectivity index (χ3v) is 2.79. The maximum atomic E-state index is 10.5. The molecule has 0 bridgehead atoms. The molecule has 0 saturated carbocycles. The Labute approximate surface area is 113 Å². The van der Waals surface area contributed by atoms with Gasteiger partial charge in [-0.1, -0.05) is 13.3 Å². The van der Waals surface area contributed by atoms with Crippen LogP contribution in [0.2, 0.25) is 0 Å². The van der Waals surface area contributed by atoms with Crippen molar-refractivity contribution < 1.29 is 10.0 Å². The van der Waals surface area contributed by atoms with Gasteiger partial charge in [-0.2, -0.15) is 0 Å². The molecule has 0 aliphatic carbocycles. The van der Waals surface area contributed by atoms with Crippen molar-refractivity contribution in [3.8, 4) is 0 Å². The number of nitrogens with zero attached hydrogens (tertiary/aromatic N) is 1. The lowest BCUT2D eigenvalue weighted by atomic mass is 10.1. The van der Waals surface area contributed by atoms with E-state index >= 15 is 0 Å². The Kier molecular flexibility index (Phi) is 6.58. The van der Waals surface area contributed by atoms with Crippen LogP contribution in [0.15, 0.2) is 35.6 Å². The lowest BCUT2D eigenvalue weighted by Crippen LogP contribution is -1.88. The fourth-order valence-electron chi connectivity index (χ4n) is 1.67. The van der Waals surface area contributed by atoms with Crippen molar-refractivity contribution in [3.63, 3.8) is 0 Å². The SMILES string of the molecule is CCCCC(=C=Cc1ccc([N+](=O)[O-])cc1)CCO. The van der Waals surface area contributed by atoms with E-state index in [0.29, 0.717) is 6.42 Å². The van der Waals surface area contributed by atoms with Crippen LogP contribution in [0.3, 0.4) is 0 Å². The van der Waals surface area contributed by atoms with E-state index in [0.717, 1.165) is 30.4 Å². The summed E-state index contributed by atoms with van der Waals surface area (Å²) in [7, 11) is 0. The van der Waals surface area contributed by atoms with Gasteiger partial charge in [0.2, 0.25) is 0 Å². The molecule has 19 heavy (non-hydrogen) atoms. The van der Waals surface area contributed by atoms with Gasteiger partial charge in [-0.05, 0) is 48.6 Å². The number of benzene rings is 1. The van der Waals surface area contributed by atoms with E-state index in [-0.39, 0.29) is 12.3 Å². The molecule has 4 heteroatoms. The third-order valence-electron chi connectivity index (χ3n) is 2.79. The maximum absolute atomic E-state index is 10.5. The number of non-ortho nitro benzene ring substituents is 1. The first-order chi connectivity index (χ1) is 9.17. The van der Waals surface area contributed by atoms with E-state index in [1.54, 1.807) is 12.1 Å². The summed E-state index contributed by atoms with van der Waals surface area (Å²) in [5.74, 6) is 0. The topological polar surface area (TPSA) is 63.4 Å². The largest absolute Gasteiger partial charge is 0.396 e. The summed E-state index contributed by atoms with van der Waals surface area (Å²) < 4.78 is 0. The zero-order chi connectivity index (χ0) is 14.1. The van der Waals surface area contributed by atoms with Crippen LogP contribution >= 0.6 is 0 Å². The van der Waals surface area contributed by atoms with Gasteiger partial charge in [-0.15, -0.1) is 5.73 Å². The second kappa shape index (κ2) is 8.25. The highest BCUT2D eigenvalue weighted by Crippen LogP contribution is 2.14. The molecule has 0 aromatic heterocycles. The highest BCUT2D eigenvalue weighted by molar-refractivity contribution is 5.51. The molecular formula is C15H19NO3. The monoisotopic (exact) mass is 261 g/mol. The predicted molar refractivity (Wildman–Crippen MR) is 75.8 cm³/mol. The van der Waals surface area contributed by atoms with Gasteiger partial charge in [0, 0.05) is 18.7 Å². The van der Waals surface area contributed by atoms with Crippen molar-refractivity contribution in [1.82, 2.24) is 0 Å². The quantitative estimate of drug-likeness (QED) is 0.462. The molecule has 0 saturated heterocycles. The van der Waals surface area contributed by atoms with Gasteiger partial charge in [-0.3, -0.25) is 10.1 Å². The molecule has 0 fully saturated rings. The minimum atomic E-state index is -0.415. The standard InChI is InChI=1S/C15H19NO3/c1-2-3-4-13(11-12-17)5-6-14-7-9-15(10-8-14)16(18)19/h6-10,17H,2-4,11-12H2,1H3. The van der Waals surface area contributed by atoms with E-state index < -0.39 is 4.92 Å². The molecule has 0 spiro atoms. The first kappa shape index (κ1) is 15.2. The number of aliphatic hydroxyl groups is 1. The van der Waals surface area contributed by atoms with Crippen molar-refractivity contribution in [2.45, 2.75) is 32.6 Å². The van der Waals surface area contributed by atoms with E-state index in [1.165, 1.54) is 12.1 Å². The van der Waals surface area contributed by atoms with Crippen LogP contribution in [-0.4, -0.2) is 16.6 Å². The molecule has 0 aliphatic rings. The summed E-state index contributed by atoms with van der Waals surface area (Å²) in [6.07, 6.45) is 5.55.